The molecule has 0 amide bonds. The Kier molecular flexibility index (Phi) is 7.07. The van der Waals surface area contributed by atoms with Crippen molar-refractivity contribution in [3.63, 3.8) is 0 Å². The molecule has 0 unspecified atom stereocenters. The quantitative estimate of drug-likeness (QED) is 0.374. The second kappa shape index (κ2) is 8.43. The van der Waals surface area contributed by atoms with Crippen molar-refractivity contribution in [1.29, 1.82) is 0 Å². The Morgan fingerprint density at radius 1 is 0.885 bits per heavy atom. The van der Waals surface area contributed by atoms with Crippen LogP contribution in [0.5, 0.6) is 0 Å². The normalized spacial score (nSPS) is 18.2. The van der Waals surface area contributed by atoms with Crippen molar-refractivity contribution >= 4 is 23.5 Å². The SMILES string of the molecule is C=C(CC1(CC(=C)C(=O)OCC)C(=O)CC(C)(C)CC1=O)C(=O)OCC. The van der Waals surface area contributed by atoms with Gasteiger partial charge < -0.3 is 9.47 Å². The van der Waals surface area contributed by atoms with Crippen molar-refractivity contribution in [3.8, 4) is 0 Å². The molecule has 0 aliphatic heterocycles. The van der Waals surface area contributed by atoms with Gasteiger partial charge in [-0.05, 0) is 32.1 Å². The molecule has 0 radical (unpaired) electrons. The number of ether oxygens (including phenoxy) is 2. The molecule has 6 heteroatoms. The highest BCUT2D eigenvalue weighted by molar-refractivity contribution is 6.11. The lowest BCUT2D eigenvalue weighted by Gasteiger charge is -2.41. The minimum Gasteiger partial charge on any atom is -0.463 e. The maximum absolute atomic E-state index is 13.0. The third-order valence-electron chi connectivity index (χ3n) is 4.50. The molecule has 144 valence electrons. The van der Waals surface area contributed by atoms with E-state index >= 15 is 0 Å². The summed E-state index contributed by atoms with van der Waals surface area (Å²) in [6, 6.07) is 0. The smallest absolute Gasteiger partial charge is 0.333 e. The van der Waals surface area contributed by atoms with E-state index in [0.717, 1.165) is 0 Å². The van der Waals surface area contributed by atoms with Gasteiger partial charge in [0.05, 0.1) is 18.6 Å². The third-order valence-corrected chi connectivity index (χ3v) is 4.50. The van der Waals surface area contributed by atoms with Crippen LogP contribution in [0.1, 0.15) is 53.4 Å². The molecule has 0 bridgehead atoms. The summed E-state index contributed by atoms with van der Waals surface area (Å²) in [5, 5.41) is 0. The molecule has 0 atom stereocenters. The van der Waals surface area contributed by atoms with Crippen molar-refractivity contribution in [3.05, 3.63) is 24.3 Å². The standard InChI is InChI=1S/C20H28O6/c1-7-25-17(23)13(3)9-20(10-14(4)18(24)26-8-2)15(21)11-19(5,6)12-16(20)22/h3-4,7-12H2,1-2,5-6H3. The topological polar surface area (TPSA) is 86.7 Å². The van der Waals surface area contributed by atoms with Gasteiger partial charge in [-0.25, -0.2) is 9.59 Å². The Balaban J connectivity index is 3.21. The van der Waals surface area contributed by atoms with Crippen LogP contribution >= 0.6 is 0 Å². The van der Waals surface area contributed by atoms with Crippen LogP contribution in [0.15, 0.2) is 24.3 Å². The van der Waals surface area contributed by atoms with E-state index in [0.29, 0.717) is 0 Å². The van der Waals surface area contributed by atoms with Crippen LogP contribution in [-0.4, -0.2) is 36.7 Å². The average Bonchev–Trinajstić information content (AvgIpc) is 2.51. The molecule has 0 heterocycles. The van der Waals surface area contributed by atoms with E-state index in [9.17, 15) is 19.2 Å². The van der Waals surface area contributed by atoms with Gasteiger partial charge in [0.1, 0.15) is 11.6 Å². The van der Waals surface area contributed by atoms with Crippen LogP contribution < -0.4 is 0 Å². The lowest BCUT2D eigenvalue weighted by molar-refractivity contribution is -0.149. The Morgan fingerprint density at radius 2 is 1.23 bits per heavy atom. The lowest BCUT2D eigenvalue weighted by Crippen LogP contribution is -2.49. The van der Waals surface area contributed by atoms with E-state index < -0.39 is 22.8 Å². The van der Waals surface area contributed by atoms with Crippen molar-refractivity contribution < 1.29 is 28.7 Å². The molecule has 0 spiro atoms. The first-order chi connectivity index (χ1) is 12.0. The van der Waals surface area contributed by atoms with Gasteiger partial charge in [0.25, 0.3) is 0 Å². The molecule has 1 aliphatic rings. The van der Waals surface area contributed by atoms with Crippen molar-refractivity contribution in [2.75, 3.05) is 13.2 Å². The van der Waals surface area contributed by atoms with Crippen LogP contribution in [-0.2, 0) is 28.7 Å². The molecule has 1 aliphatic carbocycles. The fourth-order valence-electron chi connectivity index (χ4n) is 3.22. The van der Waals surface area contributed by atoms with E-state index in [1.54, 1.807) is 13.8 Å². The van der Waals surface area contributed by atoms with E-state index in [4.69, 9.17) is 9.47 Å². The van der Waals surface area contributed by atoms with Gasteiger partial charge in [-0.15, -0.1) is 0 Å². The molecule has 0 N–H and O–H groups in total. The molecule has 1 rings (SSSR count). The van der Waals surface area contributed by atoms with Crippen LogP contribution in [0.4, 0.5) is 0 Å². The summed E-state index contributed by atoms with van der Waals surface area (Å²) in [5.74, 6) is -1.93. The van der Waals surface area contributed by atoms with Crippen LogP contribution in [0.3, 0.4) is 0 Å². The number of hydrogen-bond donors (Lipinski definition) is 0. The minimum atomic E-state index is -1.52. The number of ketones is 2. The van der Waals surface area contributed by atoms with Gasteiger partial charge in [0, 0.05) is 24.0 Å². The van der Waals surface area contributed by atoms with E-state index in [1.165, 1.54) is 0 Å². The molecular formula is C20H28O6. The number of carbonyl (C=O) groups is 4. The molecule has 0 saturated heterocycles. The van der Waals surface area contributed by atoms with Crippen LogP contribution in [0.2, 0.25) is 0 Å². The molecule has 0 aromatic rings. The summed E-state index contributed by atoms with van der Waals surface area (Å²) < 4.78 is 9.84. The molecular weight excluding hydrogens is 336 g/mol. The average molecular weight is 364 g/mol. The highest BCUT2D eigenvalue weighted by Gasteiger charge is 2.52. The molecule has 0 aromatic heterocycles. The summed E-state index contributed by atoms with van der Waals surface area (Å²) in [5.41, 5.74) is -1.92. The Labute approximate surface area is 154 Å². The zero-order valence-corrected chi connectivity index (χ0v) is 16.1. The van der Waals surface area contributed by atoms with Gasteiger partial charge in [0.2, 0.25) is 0 Å². The highest BCUT2D eigenvalue weighted by atomic mass is 16.5. The van der Waals surface area contributed by atoms with E-state index in [2.05, 4.69) is 13.2 Å². The summed E-state index contributed by atoms with van der Waals surface area (Å²) in [6.45, 7) is 14.7. The summed E-state index contributed by atoms with van der Waals surface area (Å²) in [6.07, 6.45) is -0.0219. The molecule has 1 saturated carbocycles. The number of carbonyl (C=O) groups excluding carboxylic acids is 4. The summed E-state index contributed by atoms with van der Waals surface area (Å²) in [4.78, 5) is 49.9. The molecule has 0 aromatic carbocycles. The summed E-state index contributed by atoms with van der Waals surface area (Å²) >= 11 is 0. The fourth-order valence-corrected chi connectivity index (χ4v) is 3.22. The highest BCUT2D eigenvalue weighted by Crippen LogP contribution is 2.46. The number of hydrogen-bond acceptors (Lipinski definition) is 6. The van der Waals surface area contributed by atoms with Crippen molar-refractivity contribution in [2.24, 2.45) is 10.8 Å². The van der Waals surface area contributed by atoms with E-state index in [1.807, 2.05) is 13.8 Å². The van der Waals surface area contributed by atoms with Gasteiger partial charge in [-0.1, -0.05) is 27.0 Å². The molecule has 6 nitrogen and oxygen atoms in total. The van der Waals surface area contributed by atoms with Crippen molar-refractivity contribution in [2.45, 2.75) is 53.4 Å². The number of rotatable bonds is 8. The zero-order valence-electron chi connectivity index (χ0n) is 16.1. The fraction of sp³-hybridized carbons (Fsp3) is 0.600. The van der Waals surface area contributed by atoms with Gasteiger partial charge in [-0.3, -0.25) is 9.59 Å². The van der Waals surface area contributed by atoms with Crippen LogP contribution in [0.25, 0.3) is 0 Å². The first kappa shape index (κ1) is 21.8. The third kappa shape index (κ3) is 4.90. The van der Waals surface area contributed by atoms with Gasteiger partial charge >= 0.3 is 11.9 Å². The van der Waals surface area contributed by atoms with Gasteiger partial charge in [0.15, 0.2) is 0 Å². The number of esters is 2. The molecule has 26 heavy (non-hydrogen) atoms. The Hall–Kier alpha value is -2.24. The Bertz CT molecular complexity index is 587. The number of Topliss-reactive ketones (excluding diaryl/α,β-unsaturated/α-hetero) is 2. The minimum absolute atomic E-state index is 0.0323. The predicted octanol–water partition coefficient (Wildman–Crippen LogP) is 2.95. The second-order valence-electron chi connectivity index (χ2n) is 7.45. The lowest BCUT2D eigenvalue weighted by atomic mass is 9.59. The largest absolute Gasteiger partial charge is 0.463 e. The van der Waals surface area contributed by atoms with Crippen LogP contribution in [0, 0.1) is 10.8 Å². The first-order valence-electron chi connectivity index (χ1n) is 8.75. The maximum Gasteiger partial charge on any atom is 0.333 e. The van der Waals surface area contributed by atoms with Gasteiger partial charge in [-0.2, -0.15) is 0 Å². The Morgan fingerprint density at radius 3 is 1.54 bits per heavy atom. The monoisotopic (exact) mass is 364 g/mol. The molecule has 1 fully saturated rings. The predicted molar refractivity (Wildman–Crippen MR) is 96.2 cm³/mol. The maximum atomic E-state index is 13.0. The summed E-state index contributed by atoms with van der Waals surface area (Å²) in [7, 11) is 0. The second-order valence-corrected chi connectivity index (χ2v) is 7.45. The first-order valence-corrected chi connectivity index (χ1v) is 8.75. The van der Waals surface area contributed by atoms with E-state index in [-0.39, 0.29) is 61.6 Å². The zero-order chi connectivity index (χ0) is 20.1. The van der Waals surface area contributed by atoms with Crippen molar-refractivity contribution in [1.82, 2.24) is 0 Å².